The first-order valence-electron chi connectivity index (χ1n) is 8.78. The highest BCUT2D eigenvalue weighted by Gasteiger charge is 2.21. The molecule has 10 heteroatoms. The number of hydrogen-bond donors (Lipinski definition) is 3. The number of ether oxygens (including phenoxy) is 3. The van der Waals surface area contributed by atoms with E-state index in [-0.39, 0.29) is 22.6 Å². The van der Waals surface area contributed by atoms with Gasteiger partial charge in [-0.05, 0) is 31.2 Å². The van der Waals surface area contributed by atoms with Gasteiger partial charge < -0.3 is 19.5 Å². The van der Waals surface area contributed by atoms with Gasteiger partial charge in [0.2, 0.25) is 5.75 Å². The van der Waals surface area contributed by atoms with Gasteiger partial charge in [-0.3, -0.25) is 25.2 Å². The third-order valence-corrected chi connectivity index (χ3v) is 4.09. The van der Waals surface area contributed by atoms with Crippen LogP contribution in [0.2, 0.25) is 0 Å². The van der Waals surface area contributed by atoms with Gasteiger partial charge >= 0.3 is 0 Å². The van der Waals surface area contributed by atoms with Crippen molar-refractivity contribution in [1.29, 1.82) is 0 Å². The third kappa shape index (κ3) is 5.16. The normalized spacial score (nSPS) is 11.1. The average molecular weight is 419 g/mol. The van der Waals surface area contributed by atoms with Crippen molar-refractivity contribution in [2.45, 2.75) is 13.0 Å². The van der Waals surface area contributed by atoms with Crippen LogP contribution in [0.15, 0.2) is 36.4 Å². The summed E-state index contributed by atoms with van der Waals surface area (Å²) in [7, 11) is 4.25. The molecule has 3 amide bonds. The van der Waals surface area contributed by atoms with Crippen LogP contribution in [0.3, 0.4) is 0 Å². The van der Waals surface area contributed by atoms with Crippen LogP contribution in [0.5, 0.6) is 17.2 Å². The van der Waals surface area contributed by atoms with E-state index in [4.69, 9.17) is 14.2 Å². The molecule has 2 aromatic rings. The lowest BCUT2D eigenvalue weighted by Crippen LogP contribution is -2.51. The maximum Gasteiger partial charge on any atom is 0.272 e. The second kappa shape index (κ2) is 10.1. The lowest BCUT2D eigenvalue weighted by molar-refractivity contribution is -0.123. The zero-order chi connectivity index (χ0) is 22.3. The highest BCUT2D eigenvalue weighted by Crippen LogP contribution is 2.38. The van der Waals surface area contributed by atoms with Crippen LogP contribution in [0.1, 0.15) is 27.6 Å². The Bertz CT molecular complexity index is 925. The van der Waals surface area contributed by atoms with Gasteiger partial charge in [0.05, 0.1) is 26.9 Å². The molecule has 0 radical (unpaired) electrons. The van der Waals surface area contributed by atoms with Gasteiger partial charge in [0.1, 0.15) is 11.9 Å². The average Bonchev–Trinajstić information content (AvgIpc) is 2.76. The fourth-order valence-electron chi connectivity index (χ4n) is 2.50. The quantitative estimate of drug-likeness (QED) is 0.585. The number of hydrazine groups is 1. The summed E-state index contributed by atoms with van der Waals surface area (Å²) in [5, 5.41) is 2.48. The van der Waals surface area contributed by atoms with Crippen molar-refractivity contribution in [3.05, 3.63) is 53.3 Å². The lowest BCUT2D eigenvalue weighted by Gasteiger charge is -2.17. The van der Waals surface area contributed by atoms with E-state index < -0.39 is 29.6 Å². The molecule has 0 bridgehead atoms. The van der Waals surface area contributed by atoms with Gasteiger partial charge in [0, 0.05) is 5.56 Å². The molecule has 0 aliphatic heterocycles. The van der Waals surface area contributed by atoms with Crippen LogP contribution in [-0.4, -0.2) is 45.1 Å². The van der Waals surface area contributed by atoms with E-state index in [1.54, 1.807) is 0 Å². The van der Waals surface area contributed by atoms with Gasteiger partial charge in [-0.1, -0.05) is 12.1 Å². The van der Waals surface area contributed by atoms with E-state index in [1.165, 1.54) is 58.6 Å². The molecule has 0 saturated carbocycles. The second-order valence-electron chi connectivity index (χ2n) is 6.03. The fraction of sp³-hybridized carbons (Fsp3) is 0.250. The molecule has 2 rings (SSSR count). The first-order valence-corrected chi connectivity index (χ1v) is 8.78. The van der Waals surface area contributed by atoms with Crippen LogP contribution in [0, 0.1) is 5.82 Å². The molecule has 2 aromatic carbocycles. The SMILES string of the molecule is COc1cc(C(=O)N[C@@H](C)C(=O)NNC(=O)c2ccccc2F)cc(OC)c1OC. The fourth-order valence-corrected chi connectivity index (χ4v) is 2.50. The Morgan fingerprint density at radius 2 is 1.50 bits per heavy atom. The number of benzene rings is 2. The summed E-state index contributed by atoms with van der Waals surface area (Å²) in [6.07, 6.45) is 0. The largest absolute Gasteiger partial charge is 0.493 e. The predicted molar refractivity (Wildman–Crippen MR) is 105 cm³/mol. The third-order valence-electron chi connectivity index (χ3n) is 4.09. The van der Waals surface area contributed by atoms with Crippen molar-refractivity contribution >= 4 is 17.7 Å². The van der Waals surface area contributed by atoms with E-state index >= 15 is 0 Å². The molecule has 0 aliphatic rings. The maximum atomic E-state index is 13.6. The van der Waals surface area contributed by atoms with Crippen molar-refractivity contribution in [3.63, 3.8) is 0 Å². The summed E-state index contributed by atoms with van der Waals surface area (Å²) < 4.78 is 29.2. The molecule has 0 aromatic heterocycles. The van der Waals surface area contributed by atoms with Gasteiger partial charge in [-0.15, -0.1) is 0 Å². The molecular weight excluding hydrogens is 397 g/mol. The van der Waals surface area contributed by atoms with Crippen molar-refractivity contribution < 1.29 is 33.0 Å². The Balaban J connectivity index is 2.02. The molecule has 0 unspecified atom stereocenters. The van der Waals surface area contributed by atoms with Crippen LogP contribution < -0.4 is 30.4 Å². The van der Waals surface area contributed by atoms with Crippen LogP contribution in [-0.2, 0) is 4.79 Å². The van der Waals surface area contributed by atoms with Crippen molar-refractivity contribution in [3.8, 4) is 17.2 Å². The minimum Gasteiger partial charge on any atom is -0.493 e. The Labute approximate surface area is 172 Å². The number of carbonyl (C=O) groups excluding carboxylic acids is 3. The minimum absolute atomic E-state index is 0.166. The Morgan fingerprint density at radius 3 is 2.03 bits per heavy atom. The number of carbonyl (C=O) groups is 3. The molecule has 0 aliphatic carbocycles. The molecule has 9 nitrogen and oxygen atoms in total. The highest BCUT2D eigenvalue weighted by molar-refractivity contribution is 5.99. The Morgan fingerprint density at radius 1 is 0.900 bits per heavy atom. The Kier molecular flexibility index (Phi) is 7.56. The summed E-state index contributed by atoms with van der Waals surface area (Å²) in [6, 6.07) is 7.16. The summed E-state index contributed by atoms with van der Waals surface area (Å²) in [5.41, 5.74) is 4.17. The zero-order valence-electron chi connectivity index (χ0n) is 16.9. The number of hydrogen-bond acceptors (Lipinski definition) is 6. The molecular formula is C20H22FN3O6. The van der Waals surface area contributed by atoms with Gasteiger partial charge in [0.25, 0.3) is 17.7 Å². The molecule has 160 valence electrons. The molecule has 30 heavy (non-hydrogen) atoms. The predicted octanol–water partition coefficient (Wildman–Crippen LogP) is 1.43. The van der Waals surface area contributed by atoms with Gasteiger partial charge in [0.15, 0.2) is 11.5 Å². The topological polar surface area (TPSA) is 115 Å². The zero-order valence-corrected chi connectivity index (χ0v) is 16.9. The smallest absolute Gasteiger partial charge is 0.272 e. The number of rotatable bonds is 7. The van der Waals surface area contributed by atoms with Crippen molar-refractivity contribution in [2.24, 2.45) is 0 Å². The number of methoxy groups -OCH3 is 3. The molecule has 0 fully saturated rings. The lowest BCUT2D eigenvalue weighted by atomic mass is 10.1. The summed E-state index contributed by atoms with van der Waals surface area (Å²) in [6.45, 7) is 1.42. The van der Waals surface area contributed by atoms with Crippen LogP contribution in [0.4, 0.5) is 4.39 Å². The second-order valence-corrected chi connectivity index (χ2v) is 6.03. The van der Waals surface area contributed by atoms with E-state index in [2.05, 4.69) is 16.2 Å². The number of amides is 3. The van der Waals surface area contributed by atoms with Gasteiger partial charge in [-0.25, -0.2) is 4.39 Å². The number of halogens is 1. The molecule has 1 atom stereocenters. The first-order chi connectivity index (χ1) is 14.3. The van der Waals surface area contributed by atoms with E-state index in [1.807, 2.05) is 0 Å². The van der Waals surface area contributed by atoms with Crippen molar-refractivity contribution in [1.82, 2.24) is 16.2 Å². The summed E-state index contributed by atoms with van der Waals surface area (Å²) in [4.78, 5) is 36.6. The molecule has 3 N–H and O–H groups in total. The van der Waals surface area contributed by atoms with Crippen molar-refractivity contribution in [2.75, 3.05) is 21.3 Å². The number of nitrogens with one attached hydrogen (secondary N) is 3. The van der Waals surface area contributed by atoms with E-state index in [0.717, 1.165) is 6.07 Å². The first kappa shape index (κ1) is 22.5. The minimum atomic E-state index is -1.02. The van der Waals surface area contributed by atoms with E-state index in [9.17, 15) is 18.8 Å². The highest BCUT2D eigenvalue weighted by atomic mass is 19.1. The van der Waals surface area contributed by atoms with E-state index in [0.29, 0.717) is 5.75 Å². The maximum absolute atomic E-state index is 13.6. The molecule has 0 saturated heterocycles. The molecule has 0 spiro atoms. The standard InChI is InChI=1S/C20H22FN3O6/c1-11(18(25)23-24-20(27)13-7-5-6-8-14(13)21)22-19(26)12-9-15(28-2)17(30-4)16(10-12)29-3/h5-11H,1-4H3,(H,22,26)(H,23,25)(H,24,27)/t11-/m0/s1. The van der Waals surface area contributed by atoms with Gasteiger partial charge in [-0.2, -0.15) is 0 Å². The Hall–Kier alpha value is -3.82. The molecule has 0 heterocycles. The summed E-state index contributed by atoms with van der Waals surface area (Å²) in [5.74, 6) is -1.99. The van der Waals surface area contributed by atoms with Crippen LogP contribution in [0.25, 0.3) is 0 Å². The van der Waals surface area contributed by atoms with Crippen LogP contribution >= 0.6 is 0 Å². The monoisotopic (exact) mass is 419 g/mol. The summed E-state index contributed by atoms with van der Waals surface area (Å²) >= 11 is 0.